The van der Waals surface area contributed by atoms with Crippen LogP contribution in [0.15, 0.2) is 18.2 Å². The molecule has 0 radical (unpaired) electrons. The molecule has 106 valence electrons. The quantitative estimate of drug-likeness (QED) is 0.893. The first kappa shape index (κ1) is 14.4. The Hall–Kier alpha value is -1.04. The molecule has 1 aliphatic rings. The van der Waals surface area contributed by atoms with Crippen LogP contribution in [0.4, 0.5) is 8.78 Å². The van der Waals surface area contributed by atoms with E-state index in [0.29, 0.717) is 6.54 Å². The van der Waals surface area contributed by atoms with E-state index in [2.05, 4.69) is 16.8 Å². The lowest BCUT2D eigenvalue weighted by molar-refractivity contribution is 0.147. The molecule has 1 fully saturated rings. The first-order valence-electron chi connectivity index (χ1n) is 6.66. The van der Waals surface area contributed by atoms with E-state index in [-0.39, 0.29) is 5.92 Å². The zero-order valence-corrected chi connectivity index (χ0v) is 11.3. The number of likely N-dealkylation sites (N-methyl/N-ethyl adjacent to an activating group) is 1. The number of nitrogens with two attached hydrogens (primary N) is 1. The lowest BCUT2D eigenvalue weighted by Crippen LogP contribution is -2.46. The summed E-state index contributed by atoms with van der Waals surface area (Å²) in [4.78, 5) is 4.62. The number of rotatable bonds is 4. The van der Waals surface area contributed by atoms with Crippen LogP contribution in [-0.2, 0) is 0 Å². The minimum Gasteiger partial charge on any atom is -0.330 e. The van der Waals surface area contributed by atoms with Gasteiger partial charge in [0.2, 0.25) is 0 Å². The van der Waals surface area contributed by atoms with Gasteiger partial charge in [-0.25, -0.2) is 8.78 Å². The molecule has 1 aromatic rings. The molecular weight excluding hydrogens is 248 g/mol. The molecule has 1 aromatic carbocycles. The van der Waals surface area contributed by atoms with Crippen molar-refractivity contribution in [3.8, 4) is 0 Å². The van der Waals surface area contributed by atoms with Crippen LogP contribution in [0.1, 0.15) is 11.5 Å². The fourth-order valence-electron chi connectivity index (χ4n) is 2.42. The number of halogens is 2. The molecular formula is C14H21F2N3. The van der Waals surface area contributed by atoms with Crippen LogP contribution in [0.2, 0.25) is 0 Å². The zero-order chi connectivity index (χ0) is 13.8. The molecule has 0 spiro atoms. The van der Waals surface area contributed by atoms with E-state index in [1.165, 1.54) is 12.1 Å². The van der Waals surface area contributed by atoms with Crippen molar-refractivity contribution in [3.05, 3.63) is 35.4 Å². The average Bonchev–Trinajstić information content (AvgIpc) is 2.41. The molecule has 2 rings (SSSR count). The average molecular weight is 269 g/mol. The van der Waals surface area contributed by atoms with Gasteiger partial charge < -0.3 is 15.5 Å². The van der Waals surface area contributed by atoms with Gasteiger partial charge in [0.25, 0.3) is 0 Å². The van der Waals surface area contributed by atoms with E-state index in [4.69, 9.17) is 5.73 Å². The van der Waals surface area contributed by atoms with Crippen LogP contribution in [0.25, 0.3) is 0 Å². The Morgan fingerprint density at radius 2 is 1.84 bits per heavy atom. The van der Waals surface area contributed by atoms with Gasteiger partial charge in [-0.3, -0.25) is 0 Å². The molecule has 0 bridgehead atoms. The minimum atomic E-state index is -0.806. The molecule has 0 saturated carbocycles. The molecule has 0 amide bonds. The Morgan fingerprint density at radius 3 is 2.42 bits per heavy atom. The number of hydrogen-bond acceptors (Lipinski definition) is 3. The Balaban J connectivity index is 2.01. The van der Waals surface area contributed by atoms with Crippen molar-refractivity contribution in [3.63, 3.8) is 0 Å². The van der Waals surface area contributed by atoms with E-state index < -0.39 is 11.6 Å². The number of nitrogens with zero attached hydrogens (tertiary/aromatic N) is 2. The van der Waals surface area contributed by atoms with Crippen molar-refractivity contribution >= 4 is 0 Å². The normalized spacial score (nSPS) is 19.6. The summed E-state index contributed by atoms with van der Waals surface area (Å²) >= 11 is 0. The van der Waals surface area contributed by atoms with Gasteiger partial charge in [-0.05, 0) is 24.7 Å². The Bertz CT molecular complexity index is 417. The number of hydrogen-bond donors (Lipinski definition) is 1. The van der Waals surface area contributed by atoms with Gasteiger partial charge in [-0.15, -0.1) is 0 Å². The maximum Gasteiger partial charge on any atom is 0.159 e. The molecule has 5 heteroatoms. The van der Waals surface area contributed by atoms with Crippen molar-refractivity contribution in [1.29, 1.82) is 0 Å². The summed E-state index contributed by atoms with van der Waals surface area (Å²) in [6.45, 7) is 5.31. The van der Waals surface area contributed by atoms with Gasteiger partial charge >= 0.3 is 0 Å². The van der Waals surface area contributed by atoms with Crippen molar-refractivity contribution in [2.24, 2.45) is 5.73 Å². The van der Waals surface area contributed by atoms with E-state index in [1.54, 1.807) is 6.07 Å². The summed E-state index contributed by atoms with van der Waals surface area (Å²) < 4.78 is 26.2. The first-order chi connectivity index (χ1) is 9.10. The largest absolute Gasteiger partial charge is 0.330 e. The second kappa shape index (κ2) is 6.41. The van der Waals surface area contributed by atoms with Gasteiger partial charge in [0.15, 0.2) is 11.6 Å². The lowest BCUT2D eigenvalue weighted by Gasteiger charge is -2.34. The highest BCUT2D eigenvalue weighted by Crippen LogP contribution is 2.19. The standard InChI is InChI=1S/C14H21F2N3/c1-18-4-6-19(7-5-18)10-12(9-17)11-2-3-13(15)14(16)8-11/h2-3,8,12H,4-7,9-10,17H2,1H3. The molecule has 3 nitrogen and oxygen atoms in total. The van der Waals surface area contributed by atoms with Gasteiger partial charge in [0.1, 0.15) is 0 Å². The van der Waals surface area contributed by atoms with E-state index >= 15 is 0 Å². The fourth-order valence-corrected chi connectivity index (χ4v) is 2.42. The zero-order valence-electron chi connectivity index (χ0n) is 11.3. The Kier molecular flexibility index (Phi) is 4.85. The third-order valence-corrected chi connectivity index (χ3v) is 3.77. The van der Waals surface area contributed by atoms with Crippen LogP contribution in [-0.4, -0.2) is 56.1 Å². The van der Waals surface area contributed by atoms with Gasteiger partial charge in [-0.1, -0.05) is 6.07 Å². The topological polar surface area (TPSA) is 32.5 Å². The van der Waals surface area contributed by atoms with E-state index in [9.17, 15) is 8.78 Å². The van der Waals surface area contributed by atoms with Crippen molar-refractivity contribution in [2.45, 2.75) is 5.92 Å². The van der Waals surface area contributed by atoms with Crippen LogP contribution < -0.4 is 5.73 Å². The Morgan fingerprint density at radius 1 is 1.16 bits per heavy atom. The molecule has 2 N–H and O–H groups in total. The molecule has 0 aromatic heterocycles. The summed E-state index contributed by atoms with van der Waals surface area (Å²) in [6.07, 6.45) is 0. The third kappa shape index (κ3) is 3.72. The summed E-state index contributed by atoms with van der Waals surface area (Å²) in [5.41, 5.74) is 6.56. The predicted octanol–water partition coefficient (Wildman–Crippen LogP) is 1.25. The monoisotopic (exact) mass is 269 g/mol. The molecule has 1 heterocycles. The van der Waals surface area contributed by atoms with Crippen molar-refractivity contribution < 1.29 is 8.78 Å². The number of benzene rings is 1. The van der Waals surface area contributed by atoms with Gasteiger partial charge in [0.05, 0.1) is 0 Å². The first-order valence-corrected chi connectivity index (χ1v) is 6.66. The molecule has 1 saturated heterocycles. The molecule has 1 unspecified atom stereocenters. The maximum atomic E-state index is 13.3. The second-order valence-corrected chi connectivity index (χ2v) is 5.21. The highest BCUT2D eigenvalue weighted by Gasteiger charge is 2.19. The maximum absolute atomic E-state index is 13.3. The van der Waals surface area contributed by atoms with Crippen molar-refractivity contribution in [2.75, 3.05) is 46.3 Å². The van der Waals surface area contributed by atoms with Crippen LogP contribution in [0.5, 0.6) is 0 Å². The molecule has 1 aliphatic heterocycles. The van der Waals surface area contributed by atoms with Crippen LogP contribution in [0.3, 0.4) is 0 Å². The molecule has 0 aliphatic carbocycles. The van der Waals surface area contributed by atoms with Crippen LogP contribution >= 0.6 is 0 Å². The van der Waals surface area contributed by atoms with E-state index in [1.807, 2.05) is 0 Å². The third-order valence-electron chi connectivity index (χ3n) is 3.77. The highest BCUT2D eigenvalue weighted by atomic mass is 19.2. The lowest BCUT2D eigenvalue weighted by atomic mass is 9.98. The smallest absolute Gasteiger partial charge is 0.159 e. The number of piperazine rings is 1. The summed E-state index contributed by atoms with van der Waals surface area (Å²) in [5, 5.41) is 0. The van der Waals surface area contributed by atoms with Gasteiger partial charge in [-0.2, -0.15) is 0 Å². The van der Waals surface area contributed by atoms with E-state index in [0.717, 1.165) is 38.3 Å². The SMILES string of the molecule is CN1CCN(CC(CN)c2ccc(F)c(F)c2)CC1. The highest BCUT2D eigenvalue weighted by molar-refractivity contribution is 5.22. The fraction of sp³-hybridized carbons (Fsp3) is 0.571. The van der Waals surface area contributed by atoms with Crippen LogP contribution in [0, 0.1) is 11.6 Å². The second-order valence-electron chi connectivity index (χ2n) is 5.21. The Labute approximate surface area is 113 Å². The van der Waals surface area contributed by atoms with Gasteiger partial charge in [0, 0.05) is 45.2 Å². The summed E-state index contributed by atoms with van der Waals surface area (Å²) in [5.74, 6) is -1.55. The molecule has 19 heavy (non-hydrogen) atoms. The van der Waals surface area contributed by atoms with Crippen molar-refractivity contribution in [1.82, 2.24) is 9.80 Å². The summed E-state index contributed by atoms with van der Waals surface area (Å²) in [6, 6.07) is 4.08. The minimum absolute atomic E-state index is 0.0542. The molecule has 1 atom stereocenters. The predicted molar refractivity (Wildman–Crippen MR) is 72.1 cm³/mol. The summed E-state index contributed by atoms with van der Waals surface area (Å²) in [7, 11) is 2.10.